The smallest absolute Gasteiger partial charge is 0.462 e. The summed E-state index contributed by atoms with van der Waals surface area (Å²) in [5.74, 6) is -1.62. The summed E-state index contributed by atoms with van der Waals surface area (Å²) in [6.07, 6.45) is 51.2. The van der Waals surface area contributed by atoms with Gasteiger partial charge >= 0.3 is 25.7 Å². The van der Waals surface area contributed by atoms with Crippen LogP contribution in [0, 0.1) is 0 Å². The third-order valence-corrected chi connectivity index (χ3v) is 10.4. The van der Waals surface area contributed by atoms with Crippen LogP contribution in [-0.4, -0.2) is 66.5 Å². The number of hydrogen-bond donors (Lipinski definition) is 2. The highest BCUT2D eigenvalue weighted by molar-refractivity contribution is 7.47. The molecule has 0 aromatic heterocycles. The zero-order chi connectivity index (χ0) is 47.0. The SMILES string of the molecule is CC/C=C\C/C=C\C/C=C\C/C=C\CCC(=O)OCC(COP(=O)(O)OCC(CO)OC(=O)CCCCCCC/C=C\CCCC)OC(=O)CCCCC/C=C\C/C=C\C/C=C\CC. The van der Waals surface area contributed by atoms with E-state index in [1.54, 1.807) is 0 Å². The van der Waals surface area contributed by atoms with E-state index in [0.717, 1.165) is 103 Å². The minimum atomic E-state index is -4.76. The molecule has 0 fully saturated rings. The van der Waals surface area contributed by atoms with Crippen LogP contribution in [0.25, 0.3) is 0 Å². The number of aliphatic hydroxyl groups is 1. The Hall–Kier alpha value is -3.60. The molecular weight excluding hydrogens is 832 g/mol. The Labute approximate surface area is 387 Å². The van der Waals surface area contributed by atoms with Gasteiger partial charge in [0.25, 0.3) is 0 Å². The number of carbonyl (C=O) groups is 3. The minimum absolute atomic E-state index is 0.0940. The monoisotopic (exact) mass is 917 g/mol. The van der Waals surface area contributed by atoms with E-state index in [1.165, 1.54) is 12.8 Å². The second-order valence-corrected chi connectivity index (χ2v) is 17.0. The average Bonchev–Trinajstić information content (AvgIpc) is 3.28. The lowest BCUT2D eigenvalue weighted by Gasteiger charge is -2.21. The van der Waals surface area contributed by atoms with E-state index in [1.807, 2.05) is 12.2 Å². The summed E-state index contributed by atoms with van der Waals surface area (Å²) in [4.78, 5) is 48.1. The predicted octanol–water partition coefficient (Wildman–Crippen LogP) is 13.4. The second-order valence-electron chi connectivity index (χ2n) is 15.5. The Kier molecular flexibility index (Phi) is 43.4. The number of unbranched alkanes of at least 4 members (excludes halogenated alkanes) is 10. The molecule has 0 spiro atoms. The molecule has 64 heavy (non-hydrogen) atoms. The third kappa shape index (κ3) is 43.6. The van der Waals surface area contributed by atoms with Crippen molar-refractivity contribution in [3.05, 3.63) is 97.2 Å². The van der Waals surface area contributed by atoms with Crippen LogP contribution in [0.3, 0.4) is 0 Å². The molecule has 0 aliphatic heterocycles. The van der Waals surface area contributed by atoms with E-state index in [0.29, 0.717) is 19.3 Å². The fraction of sp³-hybridized carbons (Fsp3) is 0.635. The summed E-state index contributed by atoms with van der Waals surface area (Å²) < 4.78 is 39.1. The summed E-state index contributed by atoms with van der Waals surface area (Å²) in [5.41, 5.74) is 0. The number of ether oxygens (including phenoxy) is 3. The molecule has 0 aromatic rings. The number of hydrogen-bond acceptors (Lipinski definition) is 10. The number of carbonyl (C=O) groups excluding carboxylic acids is 3. The highest BCUT2D eigenvalue weighted by atomic mass is 31.2. The molecule has 3 atom stereocenters. The number of aliphatic hydroxyl groups excluding tert-OH is 1. The standard InChI is InChI=1S/C52H85O11P/c1-4-7-10-13-16-19-22-24-27-29-32-35-38-41-50(54)59-45-49(63-52(56)43-40-37-34-31-28-25-23-20-17-14-11-8-5-2)47-61-64(57,58)60-46-48(44-53)62-51(55)42-39-36-33-30-26-21-18-15-12-9-6-3/h7-8,10-11,15-20,24-25,27-28,32,35,48-49,53H,4-6,9,12-14,21-23,26,29-31,33-34,36-47H2,1-3H3,(H,57,58)/b10-7-,11-8-,18-15-,19-16-,20-17-,27-24-,28-25-,35-32-. The van der Waals surface area contributed by atoms with Crippen LogP contribution in [0.2, 0.25) is 0 Å². The summed E-state index contributed by atoms with van der Waals surface area (Å²) in [7, 11) is -4.76. The molecule has 0 radical (unpaired) electrons. The lowest BCUT2D eigenvalue weighted by molar-refractivity contribution is -0.161. The van der Waals surface area contributed by atoms with Crippen LogP contribution in [0.4, 0.5) is 0 Å². The van der Waals surface area contributed by atoms with Gasteiger partial charge < -0.3 is 24.2 Å². The third-order valence-electron chi connectivity index (χ3n) is 9.49. The van der Waals surface area contributed by atoms with Crippen molar-refractivity contribution < 1.29 is 52.2 Å². The van der Waals surface area contributed by atoms with E-state index in [4.69, 9.17) is 23.3 Å². The van der Waals surface area contributed by atoms with Crippen molar-refractivity contribution in [3.8, 4) is 0 Å². The van der Waals surface area contributed by atoms with Gasteiger partial charge in [0, 0.05) is 19.3 Å². The maximum Gasteiger partial charge on any atom is 0.472 e. The molecule has 0 bridgehead atoms. The molecule has 0 aliphatic carbocycles. The van der Waals surface area contributed by atoms with Crippen LogP contribution < -0.4 is 0 Å². The van der Waals surface area contributed by atoms with Gasteiger partial charge in [-0.15, -0.1) is 0 Å². The average molecular weight is 917 g/mol. The van der Waals surface area contributed by atoms with E-state index >= 15 is 0 Å². The Morgan fingerprint density at radius 3 is 1.34 bits per heavy atom. The molecule has 3 unspecified atom stereocenters. The minimum Gasteiger partial charge on any atom is -0.462 e. The lowest BCUT2D eigenvalue weighted by Crippen LogP contribution is -2.30. The molecule has 0 aliphatic rings. The fourth-order valence-electron chi connectivity index (χ4n) is 5.83. The van der Waals surface area contributed by atoms with Gasteiger partial charge in [-0.1, -0.05) is 157 Å². The van der Waals surface area contributed by atoms with Gasteiger partial charge in [-0.2, -0.15) is 0 Å². The first-order chi connectivity index (χ1) is 31.2. The van der Waals surface area contributed by atoms with E-state index in [-0.39, 0.29) is 25.9 Å². The molecule has 0 saturated carbocycles. The quantitative estimate of drug-likeness (QED) is 0.0197. The number of phosphoric ester groups is 1. The van der Waals surface area contributed by atoms with Crippen molar-refractivity contribution in [1.29, 1.82) is 0 Å². The molecule has 11 nitrogen and oxygen atoms in total. The Morgan fingerprint density at radius 1 is 0.453 bits per heavy atom. The first kappa shape index (κ1) is 60.4. The maximum atomic E-state index is 12.8. The van der Waals surface area contributed by atoms with Crippen molar-refractivity contribution in [2.75, 3.05) is 26.4 Å². The van der Waals surface area contributed by atoms with Crippen molar-refractivity contribution in [1.82, 2.24) is 0 Å². The summed E-state index contributed by atoms with van der Waals surface area (Å²) >= 11 is 0. The molecule has 0 heterocycles. The topological polar surface area (TPSA) is 155 Å². The summed E-state index contributed by atoms with van der Waals surface area (Å²) in [6.45, 7) is 4.19. The van der Waals surface area contributed by atoms with Crippen LogP contribution >= 0.6 is 7.82 Å². The molecule has 12 heteroatoms. The molecule has 0 aromatic carbocycles. The first-order valence-corrected chi connectivity index (χ1v) is 25.6. The Morgan fingerprint density at radius 2 is 0.844 bits per heavy atom. The zero-order valence-electron chi connectivity index (χ0n) is 39.7. The summed E-state index contributed by atoms with van der Waals surface area (Å²) in [5, 5.41) is 9.74. The number of phosphoric acid groups is 1. The van der Waals surface area contributed by atoms with E-state index < -0.39 is 57.8 Å². The Bertz CT molecular complexity index is 1440. The second kappa shape index (κ2) is 45.9. The van der Waals surface area contributed by atoms with Crippen molar-refractivity contribution in [2.24, 2.45) is 0 Å². The Balaban J connectivity index is 4.91. The molecule has 364 valence electrons. The molecule has 0 rings (SSSR count). The van der Waals surface area contributed by atoms with Gasteiger partial charge in [-0.05, 0) is 96.3 Å². The highest BCUT2D eigenvalue weighted by Gasteiger charge is 2.28. The fourth-order valence-corrected chi connectivity index (χ4v) is 6.62. The predicted molar refractivity (Wildman–Crippen MR) is 260 cm³/mol. The first-order valence-electron chi connectivity index (χ1n) is 24.1. The van der Waals surface area contributed by atoms with Gasteiger partial charge in [-0.25, -0.2) is 4.57 Å². The molecule has 0 amide bonds. The van der Waals surface area contributed by atoms with Gasteiger partial charge in [0.2, 0.25) is 0 Å². The summed E-state index contributed by atoms with van der Waals surface area (Å²) in [6, 6.07) is 0. The van der Waals surface area contributed by atoms with Gasteiger partial charge in [0.1, 0.15) is 12.7 Å². The van der Waals surface area contributed by atoms with Gasteiger partial charge in [0.15, 0.2) is 6.10 Å². The van der Waals surface area contributed by atoms with Gasteiger partial charge in [0.05, 0.1) is 19.8 Å². The van der Waals surface area contributed by atoms with Crippen molar-refractivity contribution in [2.45, 2.75) is 187 Å². The molecule has 0 saturated heterocycles. The molecule has 2 N–H and O–H groups in total. The van der Waals surface area contributed by atoms with Crippen molar-refractivity contribution >= 4 is 25.7 Å². The number of rotatable bonds is 43. The van der Waals surface area contributed by atoms with Gasteiger partial charge in [-0.3, -0.25) is 23.4 Å². The van der Waals surface area contributed by atoms with Crippen molar-refractivity contribution in [3.63, 3.8) is 0 Å². The maximum absolute atomic E-state index is 12.8. The zero-order valence-corrected chi connectivity index (χ0v) is 40.6. The number of esters is 3. The highest BCUT2D eigenvalue weighted by Crippen LogP contribution is 2.43. The number of allylic oxidation sites excluding steroid dienone is 16. The van der Waals surface area contributed by atoms with E-state index in [9.17, 15) is 28.9 Å². The molecular formula is C52H85O11P. The normalized spacial score (nSPS) is 14.4. The van der Waals surface area contributed by atoms with Crippen LogP contribution in [0.1, 0.15) is 175 Å². The largest absolute Gasteiger partial charge is 0.472 e. The van der Waals surface area contributed by atoms with Crippen LogP contribution in [0.15, 0.2) is 97.2 Å². The van der Waals surface area contributed by atoms with Crippen LogP contribution in [0.5, 0.6) is 0 Å². The lowest BCUT2D eigenvalue weighted by atomic mass is 10.1. The van der Waals surface area contributed by atoms with E-state index in [2.05, 4.69) is 106 Å². The van der Waals surface area contributed by atoms with Crippen LogP contribution in [-0.2, 0) is 42.2 Å².